The average molecular weight is 461 g/mol. The first kappa shape index (κ1) is 24.0. The fourth-order valence-electron chi connectivity index (χ4n) is 4.57. The van der Waals surface area contributed by atoms with Gasteiger partial charge in [-0.1, -0.05) is 25.3 Å². The summed E-state index contributed by atoms with van der Waals surface area (Å²) in [7, 11) is -3.79. The molecule has 0 radical (unpaired) electrons. The second kappa shape index (κ2) is 10.3. The number of nitrogens with one attached hydrogen (secondary N) is 2. The summed E-state index contributed by atoms with van der Waals surface area (Å²) < 4.78 is 63.9. The lowest BCUT2D eigenvalue weighted by molar-refractivity contribution is -0.137. The number of sulfone groups is 1. The molecule has 0 aliphatic heterocycles. The van der Waals surface area contributed by atoms with Gasteiger partial charge in [-0.05, 0) is 62.6 Å². The van der Waals surface area contributed by atoms with Crippen LogP contribution in [0.3, 0.4) is 0 Å². The molecule has 1 amide bonds. The molecule has 1 aromatic rings. The van der Waals surface area contributed by atoms with E-state index in [2.05, 4.69) is 10.6 Å². The first-order valence-corrected chi connectivity index (χ1v) is 12.7. The van der Waals surface area contributed by atoms with E-state index >= 15 is 0 Å². The minimum absolute atomic E-state index is 0.00106. The first-order valence-electron chi connectivity index (χ1n) is 11.1. The maximum Gasteiger partial charge on any atom is 0.416 e. The molecule has 2 fully saturated rings. The number of amides is 1. The van der Waals surface area contributed by atoms with Gasteiger partial charge in [0.15, 0.2) is 9.84 Å². The molecule has 2 aliphatic carbocycles. The van der Waals surface area contributed by atoms with Gasteiger partial charge in [0.1, 0.15) is 0 Å². The molecule has 2 aliphatic rings. The second-order valence-electron chi connectivity index (χ2n) is 8.81. The van der Waals surface area contributed by atoms with Gasteiger partial charge in [0, 0.05) is 12.1 Å². The molecule has 3 rings (SSSR count). The zero-order valence-electron chi connectivity index (χ0n) is 17.6. The molecule has 31 heavy (non-hydrogen) atoms. The molecule has 0 spiro atoms. The third kappa shape index (κ3) is 7.20. The van der Waals surface area contributed by atoms with Crippen LogP contribution in [-0.2, 0) is 20.8 Å². The molecular weight excluding hydrogens is 429 g/mol. The highest BCUT2D eigenvalue weighted by Gasteiger charge is 2.32. The lowest BCUT2D eigenvalue weighted by atomic mass is 9.87. The van der Waals surface area contributed by atoms with Crippen molar-refractivity contribution in [2.75, 3.05) is 12.3 Å². The fourth-order valence-corrected chi connectivity index (χ4v) is 6.31. The summed E-state index contributed by atoms with van der Waals surface area (Å²) in [5.74, 6) is -0.238. The number of hydrogen-bond donors (Lipinski definition) is 2. The molecule has 2 saturated carbocycles. The van der Waals surface area contributed by atoms with Crippen molar-refractivity contribution in [2.45, 2.75) is 80.9 Å². The van der Waals surface area contributed by atoms with Crippen LogP contribution in [0.4, 0.5) is 13.2 Å². The molecule has 0 unspecified atom stereocenters. The van der Waals surface area contributed by atoms with Crippen LogP contribution in [0.25, 0.3) is 0 Å². The van der Waals surface area contributed by atoms with Gasteiger partial charge in [0.05, 0.1) is 22.8 Å². The van der Waals surface area contributed by atoms with Crippen LogP contribution >= 0.6 is 0 Å². The molecule has 9 heteroatoms. The average Bonchev–Trinajstić information content (AvgIpc) is 2.73. The highest BCUT2D eigenvalue weighted by molar-refractivity contribution is 7.91. The maximum absolute atomic E-state index is 12.9. The van der Waals surface area contributed by atoms with Gasteiger partial charge in [-0.3, -0.25) is 4.79 Å². The van der Waals surface area contributed by atoms with Gasteiger partial charge in [0.25, 0.3) is 0 Å². The Morgan fingerprint density at radius 3 is 2.29 bits per heavy atom. The van der Waals surface area contributed by atoms with Gasteiger partial charge in [-0.2, -0.15) is 13.2 Å². The predicted octanol–water partition coefficient (Wildman–Crippen LogP) is 4.08. The smallest absolute Gasteiger partial charge is 0.352 e. The molecule has 5 nitrogen and oxygen atoms in total. The van der Waals surface area contributed by atoms with Crippen molar-refractivity contribution in [3.63, 3.8) is 0 Å². The normalized spacial score (nSPS) is 23.5. The van der Waals surface area contributed by atoms with E-state index in [9.17, 15) is 26.4 Å². The molecule has 0 heterocycles. The number of hydrogen-bond acceptors (Lipinski definition) is 4. The molecule has 0 bridgehead atoms. The Morgan fingerprint density at radius 1 is 0.968 bits per heavy atom. The quantitative estimate of drug-likeness (QED) is 0.643. The van der Waals surface area contributed by atoms with Crippen LogP contribution in [0.5, 0.6) is 0 Å². The SMILES string of the molecule is O=C(CN[C@H]1CC[C@H](CS(=O)(=O)c2cccc(C(F)(F)F)c2)CC1)NC1CCCCC1. The van der Waals surface area contributed by atoms with Gasteiger partial charge in [0.2, 0.25) is 5.91 Å². The Kier molecular flexibility index (Phi) is 8.02. The van der Waals surface area contributed by atoms with E-state index in [1.807, 2.05) is 0 Å². The van der Waals surface area contributed by atoms with E-state index in [-0.39, 0.29) is 41.1 Å². The Labute approximate surface area is 182 Å². The summed E-state index contributed by atoms with van der Waals surface area (Å²) in [6.45, 7) is 0.258. The van der Waals surface area contributed by atoms with Gasteiger partial charge in [-0.15, -0.1) is 0 Å². The zero-order valence-corrected chi connectivity index (χ0v) is 18.4. The van der Waals surface area contributed by atoms with E-state index in [4.69, 9.17) is 0 Å². The number of alkyl halides is 3. The van der Waals surface area contributed by atoms with E-state index in [1.165, 1.54) is 12.5 Å². The van der Waals surface area contributed by atoms with Crippen molar-refractivity contribution in [3.05, 3.63) is 29.8 Å². The molecule has 0 aromatic heterocycles. The van der Waals surface area contributed by atoms with E-state index in [1.54, 1.807) is 0 Å². The van der Waals surface area contributed by atoms with Crippen LogP contribution < -0.4 is 10.6 Å². The summed E-state index contributed by atoms with van der Waals surface area (Å²) in [6, 6.07) is 4.38. The number of carbonyl (C=O) groups is 1. The van der Waals surface area contributed by atoms with Crippen LogP contribution in [0, 0.1) is 5.92 Å². The standard InChI is InChI=1S/C22H31F3N2O3S/c23-22(24,25)17-5-4-8-20(13-17)31(29,30)15-16-9-11-18(12-10-16)26-14-21(28)27-19-6-2-1-3-7-19/h4-5,8,13,16,18-19,26H,1-3,6-7,9-12,14-15H2,(H,27,28)/t16-,18-. The van der Waals surface area contributed by atoms with Gasteiger partial charge < -0.3 is 10.6 Å². The Hall–Kier alpha value is -1.61. The van der Waals surface area contributed by atoms with Crippen molar-refractivity contribution in [3.8, 4) is 0 Å². The predicted molar refractivity (Wildman–Crippen MR) is 112 cm³/mol. The van der Waals surface area contributed by atoms with Crippen molar-refractivity contribution < 1.29 is 26.4 Å². The number of benzene rings is 1. The maximum atomic E-state index is 12.9. The highest BCUT2D eigenvalue weighted by atomic mass is 32.2. The molecule has 0 saturated heterocycles. The Morgan fingerprint density at radius 2 is 1.65 bits per heavy atom. The first-order chi connectivity index (χ1) is 14.6. The number of halogens is 3. The third-order valence-electron chi connectivity index (χ3n) is 6.34. The minimum atomic E-state index is -4.57. The summed E-state index contributed by atoms with van der Waals surface area (Å²) in [5, 5.41) is 6.33. The Bertz CT molecular complexity index is 844. The number of rotatable bonds is 7. The largest absolute Gasteiger partial charge is 0.416 e. The third-order valence-corrected chi connectivity index (χ3v) is 8.23. The monoisotopic (exact) mass is 460 g/mol. The van der Waals surface area contributed by atoms with E-state index < -0.39 is 21.6 Å². The van der Waals surface area contributed by atoms with E-state index in [0.717, 1.165) is 50.7 Å². The van der Waals surface area contributed by atoms with Crippen LogP contribution in [-0.4, -0.2) is 38.7 Å². The topological polar surface area (TPSA) is 75.3 Å². The van der Waals surface area contributed by atoms with Gasteiger partial charge >= 0.3 is 6.18 Å². The van der Waals surface area contributed by atoms with Crippen molar-refractivity contribution in [2.24, 2.45) is 5.92 Å². The van der Waals surface area contributed by atoms with Crippen molar-refractivity contribution in [1.82, 2.24) is 10.6 Å². The van der Waals surface area contributed by atoms with Crippen LogP contribution in [0.2, 0.25) is 0 Å². The molecular formula is C22H31F3N2O3S. The van der Waals surface area contributed by atoms with Gasteiger partial charge in [-0.25, -0.2) is 8.42 Å². The second-order valence-corrected chi connectivity index (χ2v) is 10.8. The molecule has 2 N–H and O–H groups in total. The van der Waals surface area contributed by atoms with Crippen LogP contribution in [0.15, 0.2) is 29.2 Å². The molecule has 1 aromatic carbocycles. The Balaban J connectivity index is 1.43. The summed E-state index contributed by atoms with van der Waals surface area (Å²) in [5.41, 5.74) is -0.951. The summed E-state index contributed by atoms with van der Waals surface area (Å²) >= 11 is 0. The molecule has 174 valence electrons. The van der Waals surface area contributed by atoms with Crippen molar-refractivity contribution in [1.29, 1.82) is 0 Å². The molecule has 0 atom stereocenters. The lowest BCUT2D eigenvalue weighted by Gasteiger charge is -2.29. The fraction of sp³-hybridized carbons (Fsp3) is 0.682. The van der Waals surface area contributed by atoms with E-state index in [0.29, 0.717) is 18.9 Å². The number of carbonyl (C=O) groups excluding carboxylic acids is 1. The minimum Gasteiger partial charge on any atom is -0.352 e. The summed E-state index contributed by atoms with van der Waals surface area (Å²) in [6.07, 6.45) is 3.89. The lowest BCUT2D eigenvalue weighted by Crippen LogP contribution is -2.44. The summed E-state index contributed by atoms with van der Waals surface area (Å²) in [4.78, 5) is 11.9. The highest BCUT2D eigenvalue weighted by Crippen LogP contribution is 2.32. The van der Waals surface area contributed by atoms with Crippen molar-refractivity contribution >= 4 is 15.7 Å². The van der Waals surface area contributed by atoms with Crippen LogP contribution in [0.1, 0.15) is 63.4 Å². The zero-order chi connectivity index (χ0) is 22.5.